The number of halogens is 2. The monoisotopic (exact) mass is 406 g/mol. The van der Waals surface area contributed by atoms with Gasteiger partial charge in [0.25, 0.3) is 0 Å². The Balaban J connectivity index is 1.50. The number of allylic oxidation sites excluding steroid dienone is 1. The van der Waals surface area contributed by atoms with E-state index >= 15 is 0 Å². The standard InChI is InChI=1S/C25H36F2O2/c1-3-5-7-21-13-12-20(17-29-21)18-8-10-19(11-9-18)22-14-15-23(25(27)24(22)26)28-16-6-4-2/h3,14-15,18-21H,1,4-13,16-17H2,2H3. The van der Waals surface area contributed by atoms with E-state index in [1.54, 1.807) is 12.1 Å². The van der Waals surface area contributed by atoms with Crippen LogP contribution in [0.25, 0.3) is 0 Å². The molecule has 2 unspecified atom stereocenters. The second kappa shape index (κ2) is 11.1. The maximum absolute atomic E-state index is 14.7. The molecule has 1 heterocycles. The van der Waals surface area contributed by atoms with E-state index in [1.807, 2.05) is 13.0 Å². The van der Waals surface area contributed by atoms with Gasteiger partial charge in [-0.3, -0.25) is 0 Å². The fraction of sp³-hybridized carbons (Fsp3) is 0.680. The summed E-state index contributed by atoms with van der Waals surface area (Å²) in [5.74, 6) is -0.127. The van der Waals surface area contributed by atoms with Crippen LogP contribution in [0.2, 0.25) is 0 Å². The highest BCUT2D eigenvalue weighted by Crippen LogP contribution is 2.43. The van der Waals surface area contributed by atoms with Crippen molar-refractivity contribution in [2.75, 3.05) is 13.2 Å². The highest BCUT2D eigenvalue weighted by Gasteiger charge is 2.33. The molecule has 1 saturated carbocycles. The average Bonchev–Trinajstić information content (AvgIpc) is 2.76. The minimum absolute atomic E-state index is 0.0405. The summed E-state index contributed by atoms with van der Waals surface area (Å²) in [5.41, 5.74) is 0.521. The lowest BCUT2D eigenvalue weighted by Crippen LogP contribution is -2.32. The summed E-state index contributed by atoms with van der Waals surface area (Å²) in [7, 11) is 0. The minimum Gasteiger partial charge on any atom is -0.490 e. The molecule has 1 aliphatic carbocycles. The van der Waals surface area contributed by atoms with E-state index in [1.165, 1.54) is 6.42 Å². The number of benzene rings is 1. The Morgan fingerprint density at radius 2 is 1.83 bits per heavy atom. The fourth-order valence-corrected chi connectivity index (χ4v) is 4.93. The Hall–Kier alpha value is -1.42. The minimum atomic E-state index is -0.827. The summed E-state index contributed by atoms with van der Waals surface area (Å²) in [5, 5.41) is 0. The first-order valence-electron chi connectivity index (χ1n) is 11.5. The van der Waals surface area contributed by atoms with Crippen molar-refractivity contribution in [2.45, 2.75) is 83.2 Å². The van der Waals surface area contributed by atoms with Gasteiger partial charge in [0, 0.05) is 0 Å². The fourth-order valence-electron chi connectivity index (χ4n) is 4.93. The van der Waals surface area contributed by atoms with Crippen LogP contribution in [0.1, 0.15) is 82.6 Å². The first kappa shape index (κ1) is 22.3. The summed E-state index contributed by atoms with van der Waals surface area (Å²) < 4.78 is 40.6. The molecule has 1 aromatic carbocycles. The lowest BCUT2D eigenvalue weighted by molar-refractivity contribution is -0.0402. The molecule has 1 aromatic rings. The van der Waals surface area contributed by atoms with Gasteiger partial charge >= 0.3 is 0 Å². The molecular formula is C25H36F2O2. The summed E-state index contributed by atoms with van der Waals surface area (Å²) in [6.07, 6.45) is 12.6. The molecule has 3 rings (SSSR count). The van der Waals surface area contributed by atoms with E-state index in [2.05, 4.69) is 6.58 Å². The summed E-state index contributed by atoms with van der Waals surface area (Å²) >= 11 is 0. The van der Waals surface area contributed by atoms with Gasteiger partial charge in [0.15, 0.2) is 11.6 Å². The van der Waals surface area contributed by atoms with Crippen molar-refractivity contribution in [1.29, 1.82) is 0 Å². The van der Waals surface area contributed by atoms with Crippen molar-refractivity contribution < 1.29 is 18.3 Å². The second-order valence-electron chi connectivity index (χ2n) is 8.75. The smallest absolute Gasteiger partial charge is 0.200 e. The summed E-state index contributed by atoms with van der Waals surface area (Å²) in [6, 6.07) is 3.34. The zero-order valence-corrected chi connectivity index (χ0v) is 17.8. The van der Waals surface area contributed by atoms with Crippen LogP contribution in [0.4, 0.5) is 8.78 Å². The first-order valence-corrected chi connectivity index (χ1v) is 11.5. The second-order valence-corrected chi connectivity index (χ2v) is 8.75. The molecule has 2 nitrogen and oxygen atoms in total. The molecule has 2 atom stereocenters. The maximum Gasteiger partial charge on any atom is 0.200 e. The molecule has 0 bridgehead atoms. The molecule has 2 aliphatic rings. The quantitative estimate of drug-likeness (QED) is 0.319. The van der Waals surface area contributed by atoms with E-state index in [4.69, 9.17) is 9.47 Å². The predicted molar refractivity (Wildman–Crippen MR) is 113 cm³/mol. The Bertz CT molecular complexity index is 644. The van der Waals surface area contributed by atoms with Gasteiger partial charge in [0.2, 0.25) is 5.82 Å². The molecule has 0 radical (unpaired) electrons. The summed E-state index contributed by atoms with van der Waals surface area (Å²) in [4.78, 5) is 0. The van der Waals surface area contributed by atoms with Crippen LogP contribution in [-0.2, 0) is 4.74 Å². The van der Waals surface area contributed by atoms with Crippen LogP contribution in [0.5, 0.6) is 5.75 Å². The van der Waals surface area contributed by atoms with E-state index in [0.29, 0.717) is 30.1 Å². The third-order valence-corrected chi connectivity index (χ3v) is 6.81. The molecule has 29 heavy (non-hydrogen) atoms. The van der Waals surface area contributed by atoms with Crippen molar-refractivity contribution in [2.24, 2.45) is 11.8 Å². The van der Waals surface area contributed by atoms with Crippen molar-refractivity contribution >= 4 is 0 Å². The normalized spacial score (nSPS) is 27.6. The van der Waals surface area contributed by atoms with Gasteiger partial charge in [0.1, 0.15) is 0 Å². The predicted octanol–water partition coefficient (Wildman–Crippen LogP) is 7.18. The van der Waals surface area contributed by atoms with Crippen LogP contribution in [0, 0.1) is 23.5 Å². The number of hydrogen-bond donors (Lipinski definition) is 0. The molecule has 0 amide bonds. The van der Waals surface area contributed by atoms with Gasteiger partial charge in [0.05, 0.1) is 19.3 Å². The lowest BCUT2D eigenvalue weighted by atomic mass is 9.72. The van der Waals surface area contributed by atoms with Crippen LogP contribution in [-0.4, -0.2) is 19.3 Å². The summed E-state index contributed by atoms with van der Waals surface area (Å²) in [6.45, 7) is 7.10. The zero-order chi connectivity index (χ0) is 20.6. The topological polar surface area (TPSA) is 18.5 Å². The zero-order valence-electron chi connectivity index (χ0n) is 17.8. The van der Waals surface area contributed by atoms with Crippen molar-refractivity contribution in [1.82, 2.24) is 0 Å². The Morgan fingerprint density at radius 1 is 1.07 bits per heavy atom. The van der Waals surface area contributed by atoms with Gasteiger partial charge in [-0.05, 0) is 87.2 Å². The van der Waals surface area contributed by atoms with Gasteiger partial charge in [-0.2, -0.15) is 4.39 Å². The molecule has 2 fully saturated rings. The van der Waals surface area contributed by atoms with Crippen LogP contribution in [0.15, 0.2) is 24.8 Å². The molecule has 4 heteroatoms. The Kier molecular flexibility index (Phi) is 8.53. The third-order valence-electron chi connectivity index (χ3n) is 6.81. The number of rotatable bonds is 9. The highest BCUT2D eigenvalue weighted by atomic mass is 19.2. The van der Waals surface area contributed by atoms with E-state index in [9.17, 15) is 8.78 Å². The molecule has 0 N–H and O–H groups in total. The average molecular weight is 407 g/mol. The number of hydrogen-bond acceptors (Lipinski definition) is 2. The van der Waals surface area contributed by atoms with Gasteiger partial charge in [-0.1, -0.05) is 25.5 Å². The SMILES string of the molecule is C=CCCC1CCC(C2CCC(c3ccc(OCCCC)c(F)c3F)CC2)CO1. The third kappa shape index (κ3) is 5.81. The molecule has 0 spiro atoms. The molecule has 162 valence electrons. The van der Waals surface area contributed by atoms with E-state index < -0.39 is 11.6 Å². The van der Waals surface area contributed by atoms with Crippen molar-refractivity contribution in [3.63, 3.8) is 0 Å². The molecule has 1 saturated heterocycles. The lowest BCUT2D eigenvalue weighted by Gasteiger charge is -2.38. The Labute approximate surface area is 174 Å². The Morgan fingerprint density at radius 3 is 2.48 bits per heavy atom. The highest BCUT2D eigenvalue weighted by molar-refractivity contribution is 5.33. The van der Waals surface area contributed by atoms with Crippen molar-refractivity contribution in [3.05, 3.63) is 42.0 Å². The van der Waals surface area contributed by atoms with E-state index in [0.717, 1.165) is 64.4 Å². The van der Waals surface area contributed by atoms with Crippen molar-refractivity contribution in [3.8, 4) is 5.75 Å². The van der Waals surface area contributed by atoms with Crippen LogP contribution >= 0.6 is 0 Å². The van der Waals surface area contributed by atoms with Gasteiger partial charge in [-0.25, -0.2) is 4.39 Å². The van der Waals surface area contributed by atoms with Crippen LogP contribution in [0.3, 0.4) is 0 Å². The van der Waals surface area contributed by atoms with Crippen LogP contribution < -0.4 is 4.74 Å². The molecular weight excluding hydrogens is 370 g/mol. The largest absolute Gasteiger partial charge is 0.490 e. The number of unbranched alkanes of at least 4 members (excludes halogenated alkanes) is 1. The number of ether oxygens (including phenoxy) is 2. The first-order chi connectivity index (χ1) is 14.1. The maximum atomic E-state index is 14.7. The molecule has 0 aromatic heterocycles. The van der Waals surface area contributed by atoms with Gasteiger partial charge in [-0.15, -0.1) is 6.58 Å². The van der Waals surface area contributed by atoms with Gasteiger partial charge < -0.3 is 9.47 Å². The van der Waals surface area contributed by atoms with E-state index in [-0.39, 0.29) is 11.7 Å². The molecule has 1 aliphatic heterocycles.